The number of nitrogens with one attached hydrogen (secondary N) is 1. The molecule has 0 saturated carbocycles. The zero-order valence-electron chi connectivity index (χ0n) is 19.1. The van der Waals surface area contributed by atoms with E-state index in [1.54, 1.807) is 0 Å². The van der Waals surface area contributed by atoms with Crippen molar-refractivity contribution in [1.29, 1.82) is 0 Å². The number of carbonyl (C=O) groups is 1. The Morgan fingerprint density at radius 3 is 2.50 bits per heavy atom. The minimum Gasteiger partial charge on any atom is -0.494 e. The second kappa shape index (κ2) is 12.2. The first-order valence-electron chi connectivity index (χ1n) is 12.2. The maximum Gasteiger partial charge on any atom is 0.317 e. The summed E-state index contributed by atoms with van der Waals surface area (Å²) in [7, 11) is 0. The van der Waals surface area contributed by atoms with Crippen molar-refractivity contribution in [3.63, 3.8) is 0 Å². The zero-order valence-corrected chi connectivity index (χ0v) is 19.1. The van der Waals surface area contributed by atoms with E-state index >= 15 is 0 Å². The number of ether oxygens (including phenoxy) is 1. The Morgan fingerprint density at radius 1 is 1.03 bits per heavy atom. The summed E-state index contributed by atoms with van der Waals surface area (Å²) in [6.45, 7) is 9.27. The fourth-order valence-electron chi connectivity index (χ4n) is 4.78. The van der Waals surface area contributed by atoms with Crippen molar-refractivity contribution >= 4 is 6.03 Å². The van der Waals surface area contributed by atoms with Crippen molar-refractivity contribution in [3.05, 3.63) is 29.3 Å². The van der Waals surface area contributed by atoms with E-state index in [9.17, 15) is 4.79 Å². The van der Waals surface area contributed by atoms with Gasteiger partial charge in [0.05, 0.1) is 6.61 Å². The Kier molecular flexibility index (Phi) is 9.31. The minimum atomic E-state index is 0.0741. The Morgan fingerprint density at radius 2 is 1.77 bits per heavy atom. The molecule has 3 rings (SSSR count). The van der Waals surface area contributed by atoms with Gasteiger partial charge in [0, 0.05) is 38.8 Å². The highest BCUT2D eigenvalue weighted by Gasteiger charge is 2.31. The molecule has 1 atom stereocenters. The molecule has 1 unspecified atom stereocenters. The van der Waals surface area contributed by atoms with Crippen LogP contribution >= 0.6 is 0 Å². The predicted octanol–water partition coefficient (Wildman–Crippen LogP) is 5.15. The molecule has 1 heterocycles. The second-order valence-corrected chi connectivity index (χ2v) is 8.74. The van der Waals surface area contributed by atoms with Crippen LogP contribution in [0.4, 0.5) is 4.79 Å². The summed E-state index contributed by atoms with van der Waals surface area (Å²) in [6.07, 6.45) is 11.5. The van der Waals surface area contributed by atoms with E-state index in [0.717, 1.165) is 51.4 Å². The van der Waals surface area contributed by atoms with Gasteiger partial charge in [-0.1, -0.05) is 51.5 Å². The highest BCUT2D eigenvalue weighted by molar-refractivity contribution is 5.74. The lowest BCUT2D eigenvalue weighted by molar-refractivity contribution is 0.108. The third-order valence-corrected chi connectivity index (χ3v) is 6.55. The van der Waals surface area contributed by atoms with Crippen LogP contribution in [0.25, 0.3) is 0 Å². The number of urea groups is 1. The number of unbranched alkanes of at least 4 members (excludes halogenated alkanes) is 6. The van der Waals surface area contributed by atoms with Gasteiger partial charge in [-0.3, -0.25) is 4.90 Å². The smallest absolute Gasteiger partial charge is 0.317 e. The van der Waals surface area contributed by atoms with Gasteiger partial charge in [0.1, 0.15) is 5.75 Å². The molecule has 0 bridgehead atoms. The van der Waals surface area contributed by atoms with Crippen molar-refractivity contribution in [1.82, 2.24) is 15.1 Å². The Balaban J connectivity index is 1.44. The minimum absolute atomic E-state index is 0.0741. The molecule has 5 heteroatoms. The van der Waals surface area contributed by atoms with Gasteiger partial charge in [-0.05, 0) is 49.4 Å². The first kappa shape index (κ1) is 22.9. The highest BCUT2D eigenvalue weighted by Crippen LogP contribution is 2.38. The summed E-state index contributed by atoms with van der Waals surface area (Å²) in [5.74, 6) is 1.02. The van der Waals surface area contributed by atoms with Crippen LogP contribution in [0.15, 0.2) is 18.2 Å². The fourth-order valence-corrected chi connectivity index (χ4v) is 4.78. The average molecular weight is 416 g/mol. The number of piperazine rings is 1. The summed E-state index contributed by atoms with van der Waals surface area (Å²) >= 11 is 0. The molecule has 30 heavy (non-hydrogen) atoms. The topological polar surface area (TPSA) is 44.8 Å². The molecule has 1 aromatic rings. The van der Waals surface area contributed by atoms with Gasteiger partial charge in [-0.25, -0.2) is 4.79 Å². The van der Waals surface area contributed by atoms with Crippen LogP contribution in [0.2, 0.25) is 0 Å². The molecular weight excluding hydrogens is 374 g/mol. The Bertz CT molecular complexity index is 656. The molecule has 0 aromatic heterocycles. The lowest BCUT2D eigenvalue weighted by Crippen LogP contribution is -2.52. The predicted molar refractivity (Wildman–Crippen MR) is 123 cm³/mol. The molecule has 1 saturated heterocycles. The van der Waals surface area contributed by atoms with E-state index in [2.05, 4.69) is 35.3 Å². The van der Waals surface area contributed by atoms with Crippen LogP contribution < -0.4 is 10.1 Å². The van der Waals surface area contributed by atoms with Crippen LogP contribution in [0.5, 0.6) is 5.75 Å². The van der Waals surface area contributed by atoms with Crippen LogP contribution in [0.3, 0.4) is 0 Å². The Labute approximate surface area is 183 Å². The van der Waals surface area contributed by atoms with E-state index in [4.69, 9.17) is 4.74 Å². The first-order valence-corrected chi connectivity index (χ1v) is 12.2. The van der Waals surface area contributed by atoms with Crippen molar-refractivity contribution < 1.29 is 9.53 Å². The molecule has 2 aliphatic rings. The molecule has 5 nitrogen and oxygen atoms in total. The number of hydrogen-bond donors (Lipinski definition) is 1. The number of carbonyl (C=O) groups excluding carboxylic acids is 1. The summed E-state index contributed by atoms with van der Waals surface area (Å²) in [4.78, 5) is 16.6. The molecule has 1 aromatic carbocycles. The van der Waals surface area contributed by atoms with Crippen molar-refractivity contribution in [2.24, 2.45) is 0 Å². The lowest BCUT2D eigenvalue weighted by atomic mass is 10.1. The third-order valence-electron chi connectivity index (χ3n) is 6.55. The normalized spacial score (nSPS) is 19.0. The monoisotopic (exact) mass is 415 g/mol. The van der Waals surface area contributed by atoms with Crippen LogP contribution in [0, 0.1) is 0 Å². The van der Waals surface area contributed by atoms with Crippen LogP contribution in [-0.4, -0.2) is 55.2 Å². The number of aryl methyl sites for hydroxylation is 1. The highest BCUT2D eigenvalue weighted by atomic mass is 16.5. The molecule has 1 fully saturated rings. The van der Waals surface area contributed by atoms with Crippen molar-refractivity contribution in [3.8, 4) is 5.75 Å². The van der Waals surface area contributed by atoms with E-state index < -0.39 is 0 Å². The van der Waals surface area contributed by atoms with Gasteiger partial charge in [0.2, 0.25) is 0 Å². The van der Waals surface area contributed by atoms with E-state index in [-0.39, 0.29) is 6.03 Å². The summed E-state index contributed by atoms with van der Waals surface area (Å²) < 4.78 is 6.09. The molecule has 0 spiro atoms. The largest absolute Gasteiger partial charge is 0.494 e. The summed E-state index contributed by atoms with van der Waals surface area (Å²) in [5.41, 5.74) is 2.91. The van der Waals surface area contributed by atoms with Gasteiger partial charge in [0.15, 0.2) is 0 Å². The number of fused-ring (bicyclic) bond motifs is 1. The number of amides is 2. The summed E-state index contributed by atoms with van der Waals surface area (Å²) in [6, 6.07) is 7.24. The molecule has 168 valence electrons. The molecule has 0 radical (unpaired) electrons. The second-order valence-electron chi connectivity index (χ2n) is 8.74. The molecular formula is C25H41N3O2. The van der Waals surface area contributed by atoms with E-state index in [1.165, 1.54) is 56.1 Å². The summed E-state index contributed by atoms with van der Waals surface area (Å²) in [5, 5.41) is 2.92. The standard InChI is InChI=1S/C25H41N3O2/c1-3-5-6-7-8-9-10-19-30-22-13-11-21-12-14-24(23(21)20-22)27-15-17-28(18-16-27)25(29)26-4-2/h11,13,20,24H,3-10,12,14-19H2,1-2H3,(H,26,29). The first-order chi connectivity index (χ1) is 14.7. The average Bonchev–Trinajstić information content (AvgIpc) is 3.19. The fraction of sp³-hybridized carbons (Fsp3) is 0.720. The van der Waals surface area contributed by atoms with Crippen LogP contribution in [-0.2, 0) is 6.42 Å². The van der Waals surface area contributed by atoms with Gasteiger partial charge in [-0.15, -0.1) is 0 Å². The molecule has 1 aliphatic heterocycles. The van der Waals surface area contributed by atoms with Crippen molar-refractivity contribution in [2.75, 3.05) is 39.3 Å². The van der Waals surface area contributed by atoms with E-state index in [0.29, 0.717) is 12.6 Å². The molecule has 2 amide bonds. The van der Waals surface area contributed by atoms with Crippen molar-refractivity contribution in [2.45, 2.75) is 77.7 Å². The molecule has 1 aliphatic carbocycles. The lowest BCUT2D eigenvalue weighted by Gasteiger charge is -2.38. The van der Waals surface area contributed by atoms with Gasteiger partial charge < -0.3 is 15.0 Å². The third kappa shape index (κ3) is 6.37. The van der Waals surface area contributed by atoms with Gasteiger partial charge in [0.25, 0.3) is 0 Å². The number of rotatable bonds is 11. The molecule has 1 N–H and O–H groups in total. The number of nitrogens with zero attached hydrogens (tertiary/aromatic N) is 2. The van der Waals surface area contributed by atoms with Crippen LogP contribution in [0.1, 0.15) is 82.4 Å². The van der Waals surface area contributed by atoms with Gasteiger partial charge >= 0.3 is 6.03 Å². The Hall–Kier alpha value is -1.75. The SMILES string of the molecule is CCCCCCCCCOc1ccc2c(c1)C(N1CCN(C(=O)NCC)CC1)CC2. The zero-order chi connectivity index (χ0) is 21.2. The quantitative estimate of drug-likeness (QED) is 0.508. The van der Waals surface area contributed by atoms with Gasteiger partial charge in [-0.2, -0.15) is 0 Å². The number of benzene rings is 1. The van der Waals surface area contributed by atoms with E-state index in [1.807, 2.05) is 11.8 Å². The maximum absolute atomic E-state index is 12.1. The number of hydrogen-bond acceptors (Lipinski definition) is 3. The maximum atomic E-state index is 12.1.